The zero-order chi connectivity index (χ0) is 17.7. The molecule has 1 N–H and O–H groups in total. The number of ether oxygens (including phenoxy) is 2. The van der Waals surface area contributed by atoms with E-state index in [9.17, 15) is 8.42 Å². The monoisotopic (exact) mass is 349 g/mol. The average molecular weight is 349 g/mol. The quantitative estimate of drug-likeness (QED) is 0.833. The van der Waals surface area contributed by atoms with Crippen LogP contribution in [0.2, 0.25) is 0 Å². The zero-order valence-corrected chi connectivity index (χ0v) is 15.2. The molecule has 6 heteroatoms. The van der Waals surface area contributed by atoms with E-state index in [-0.39, 0.29) is 4.90 Å². The second-order valence-corrected chi connectivity index (χ2v) is 7.16. The van der Waals surface area contributed by atoms with Crippen LogP contribution < -0.4 is 14.2 Å². The average Bonchev–Trinajstić information content (AvgIpc) is 2.60. The van der Waals surface area contributed by atoms with Crippen molar-refractivity contribution < 1.29 is 17.9 Å². The van der Waals surface area contributed by atoms with Crippen LogP contribution in [0, 0.1) is 0 Å². The smallest absolute Gasteiger partial charge is 0.241 e. The molecule has 0 fully saturated rings. The van der Waals surface area contributed by atoms with Crippen LogP contribution in [0.15, 0.2) is 47.4 Å². The van der Waals surface area contributed by atoms with Gasteiger partial charge in [-0.25, -0.2) is 13.1 Å². The van der Waals surface area contributed by atoms with E-state index in [1.165, 1.54) is 0 Å². The molecule has 130 valence electrons. The van der Waals surface area contributed by atoms with Crippen molar-refractivity contribution in [3.05, 3.63) is 53.6 Å². The molecule has 0 aliphatic heterocycles. The minimum Gasteiger partial charge on any atom is -0.497 e. The predicted molar refractivity (Wildman–Crippen MR) is 94.1 cm³/mol. The number of rotatable bonds is 7. The van der Waals surface area contributed by atoms with E-state index in [2.05, 4.69) is 4.72 Å². The number of methoxy groups -OCH3 is 2. The van der Waals surface area contributed by atoms with Crippen molar-refractivity contribution >= 4 is 10.0 Å². The molecule has 0 amide bonds. The molecule has 0 heterocycles. The fourth-order valence-electron chi connectivity index (χ4n) is 2.45. The van der Waals surface area contributed by atoms with Crippen molar-refractivity contribution in [2.45, 2.75) is 31.2 Å². The highest BCUT2D eigenvalue weighted by Crippen LogP contribution is 2.30. The van der Waals surface area contributed by atoms with Crippen molar-refractivity contribution in [2.75, 3.05) is 14.2 Å². The van der Waals surface area contributed by atoms with Crippen molar-refractivity contribution in [2.24, 2.45) is 0 Å². The Labute approximate surface area is 143 Å². The van der Waals surface area contributed by atoms with Crippen LogP contribution in [-0.4, -0.2) is 22.6 Å². The van der Waals surface area contributed by atoms with E-state index < -0.39 is 16.1 Å². The second-order valence-electron chi connectivity index (χ2n) is 5.45. The topological polar surface area (TPSA) is 64.6 Å². The summed E-state index contributed by atoms with van der Waals surface area (Å²) in [5, 5.41) is 0. The molecular weight excluding hydrogens is 326 g/mol. The molecule has 0 unspecified atom stereocenters. The highest BCUT2D eigenvalue weighted by atomic mass is 32.2. The normalized spacial score (nSPS) is 12.7. The Morgan fingerprint density at radius 2 is 1.71 bits per heavy atom. The number of hydrogen-bond donors (Lipinski definition) is 1. The first kappa shape index (κ1) is 18.3. The molecular formula is C18H23NO4S. The first-order chi connectivity index (χ1) is 11.4. The maximum atomic E-state index is 12.6. The Bertz CT molecular complexity index is 785. The van der Waals surface area contributed by atoms with Crippen LogP contribution in [0.1, 0.15) is 31.0 Å². The van der Waals surface area contributed by atoms with E-state index in [0.29, 0.717) is 17.1 Å². The summed E-state index contributed by atoms with van der Waals surface area (Å²) in [4.78, 5) is 0.244. The summed E-state index contributed by atoms with van der Waals surface area (Å²) in [6, 6.07) is 11.7. The first-order valence-electron chi connectivity index (χ1n) is 7.74. The zero-order valence-electron chi connectivity index (χ0n) is 14.4. The lowest BCUT2D eigenvalue weighted by atomic mass is 10.1. The van der Waals surface area contributed by atoms with E-state index in [0.717, 1.165) is 12.0 Å². The largest absolute Gasteiger partial charge is 0.497 e. The number of aryl methyl sites for hydroxylation is 1. The number of hydrogen-bond acceptors (Lipinski definition) is 4. The third kappa shape index (κ3) is 4.07. The molecule has 2 aromatic carbocycles. The number of nitrogens with one attached hydrogen (secondary N) is 1. The van der Waals surface area contributed by atoms with Gasteiger partial charge in [0.15, 0.2) is 0 Å². The highest BCUT2D eigenvalue weighted by molar-refractivity contribution is 7.89. The van der Waals surface area contributed by atoms with E-state index in [4.69, 9.17) is 9.47 Å². The molecule has 0 bridgehead atoms. The standard InChI is InChI=1S/C18H23NO4S/c1-5-14-6-9-16(10-7-14)24(20,21)19-13(2)17-12-15(22-3)8-11-18(17)23-4/h6-13,19H,5H2,1-4H3/t13-/m0/s1. The van der Waals surface area contributed by atoms with Crippen molar-refractivity contribution in [1.29, 1.82) is 0 Å². The van der Waals surface area contributed by atoms with Crippen LogP contribution in [-0.2, 0) is 16.4 Å². The molecule has 1 atom stereocenters. The molecule has 0 spiro atoms. The lowest BCUT2D eigenvalue weighted by Gasteiger charge is -2.18. The second kappa shape index (κ2) is 7.68. The molecule has 0 saturated heterocycles. The Morgan fingerprint density at radius 1 is 1.04 bits per heavy atom. The van der Waals surface area contributed by atoms with Crippen molar-refractivity contribution in [3.63, 3.8) is 0 Å². The summed E-state index contributed by atoms with van der Waals surface area (Å²) in [7, 11) is -0.507. The van der Waals surface area contributed by atoms with Gasteiger partial charge in [-0.1, -0.05) is 19.1 Å². The van der Waals surface area contributed by atoms with E-state index >= 15 is 0 Å². The Morgan fingerprint density at radius 3 is 2.25 bits per heavy atom. The van der Waals surface area contributed by atoms with Gasteiger partial charge in [-0.05, 0) is 49.2 Å². The molecule has 2 aromatic rings. The van der Waals surface area contributed by atoms with Gasteiger partial charge < -0.3 is 9.47 Å². The lowest BCUT2D eigenvalue weighted by Crippen LogP contribution is -2.27. The maximum absolute atomic E-state index is 12.6. The number of benzene rings is 2. The Kier molecular flexibility index (Phi) is 5.85. The molecule has 2 rings (SSSR count). The van der Waals surface area contributed by atoms with Gasteiger partial charge in [0.25, 0.3) is 0 Å². The number of sulfonamides is 1. The molecule has 0 aromatic heterocycles. The van der Waals surface area contributed by atoms with Gasteiger partial charge in [0.1, 0.15) is 11.5 Å². The first-order valence-corrected chi connectivity index (χ1v) is 9.22. The summed E-state index contributed by atoms with van der Waals surface area (Å²) >= 11 is 0. The molecule has 0 aliphatic carbocycles. The van der Waals surface area contributed by atoms with Crippen molar-refractivity contribution in [1.82, 2.24) is 4.72 Å². The van der Waals surface area contributed by atoms with Gasteiger partial charge in [0, 0.05) is 11.6 Å². The summed E-state index contributed by atoms with van der Waals surface area (Å²) < 4.78 is 38.4. The van der Waals surface area contributed by atoms with Gasteiger partial charge in [-0.2, -0.15) is 0 Å². The Hall–Kier alpha value is -2.05. The summed E-state index contributed by atoms with van der Waals surface area (Å²) in [6.07, 6.45) is 0.866. The fraction of sp³-hybridized carbons (Fsp3) is 0.333. The van der Waals surface area contributed by atoms with Crippen LogP contribution in [0.3, 0.4) is 0 Å². The highest BCUT2D eigenvalue weighted by Gasteiger charge is 2.21. The minimum absolute atomic E-state index is 0.244. The molecule has 0 radical (unpaired) electrons. The summed E-state index contributed by atoms with van der Waals surface area (Å²) in [5.41, 5.74) is 1.81. The van der Waals surface area contributed by atoms with Gasteiger partial charge >= 0.3 is 0 Å². The lowest BCUT2D eigenvalue weighted by molar-refractivity contribution is 0.395. The molecule has 0 aliphatic rings. The molecule has 5 nitrogen and oxygen atoms in total. The van der Waals surface area contributed by atoms with Crippen molar-refractivity contribution in [3.8, 4) is 11.5 Å². The van der Waals surface area contributed by atoms with Crippen LogP contribution in [0.5, 0.6) is 11.5 Å². The van der Waals surface area contributed by atoms with Gasteiger partial charge in [0.2, 0.25) is 10.0 Å². The van der Waals surface area contributed by atoms with Crippen LogP contribution in [0.25, 0.3) is 0 Å². The van der Waals surface area contributed by atoms with E-state index in [1.807, 2.05) is 19.1 Å². The maximum Gasteiger partial charge on any atom is 0.241 e. The molecule has 24 heavy (non-hydrogen) atoms. The van der Waals surface area contributed by atoms with Gasteiger partial charge in [0.05, 0.1) is 19.1 Å². The predicted octanol–water partition coefficient (Wildman–Crippen LogP) is 3.31. The molecule has 0 saturated carbocycles. The third-order valence-electron chi connectivity index (χ3n) is 3.88. The SMILES string of the molecule is CCc1ccc(S(=O)(=O)N[C@@H](C)c2cc(OC)ccc2OC)cc1. The minimum atomic E-state index is -3.62. The fourth-order valence-corrected chi connectivity index (χ4v) is 3.67. The summed E-state index contributed by atoms with van der Waals surface area (Å²) in [6.45, 7) is 3.80. The van der Waals surface area contributed by atoms with E-state index in [1.54, 1.807) is 51.5 Å². The van der Waals surface area contributed by atoms with Gasteiger partial charge in [-0.15, -0.1) is 0 Å². The Balaban J connectivity index is 2.28. The third-order valence-corrected chi connectivity index (χ3v) is 5.43. The van der Waals surface area contributed by atoms with Crippen LogP contribution >= 0.6 is 0 Å². The van der Waals surface area contributed by atoms with Gasteiger partial charge in [-0.3, -0.25) is 0 Å². The van der Waals surface area contributed by atoms with Crippen LogP contribution in [0.4, 0.5) is 0 Å². The summed E-state index contributed by atoms with van der Waals surface area (Å²) in [5.74, 6) is 1.25.